The lowest BCUT2D eigenvalue weighted by molar-refractivity contribution is 0.100. The van der Waals surface area contributed by atoms with E-state index in [9.17, 15) is 4.79 Å². The SMILES string of the molecule is CCN1CCC(CNc2cc(N)c(C(N)=O)s2)C1. The highest BCUT2D eigenvalue weighted by Crippen LogP contribution is 2.29. The van der Waals surface area contributed by atoms with Crippen LogP contribution in [0.1, 0.15) is 23.0 Å². The number of anilines is 2. The number of nitrogen functional groups attached to an aromatic ring is 1. The molecule has 0 spiro atoms. The van der Waals surface area contributed by atoms with Crippen molar-refractivity contribution >= 4 is 27.9 Å². The summed E-state index contributed by atoms with van der Waals surface area (Å²) in [6.45, 7) is 6.56. The Morgan fingerprint density at radius 2 is 2.44 bits per heavy atom. The van der Waals surface area contributed by atoms with E-state index in [1.165, 1.54) is 24.3 Å². The smallest absolute Gasteiger partial charge is 0.260 e. The van der Waals surface area contributed by atoms with Gasteiger partial charge in [-0.3, -0.25) is 4.79 Å². The molecule has 0 radical (unpaired) electrons. The summed E-state index contributed by atoms with van der Waals surface area (Å²) in [7, 11) is 0. The molecule has 6 heteroatoms. The predicted octanol–water partition coefficient (Wildman–Crippen LogP) is 1.18. The Kier molecular flexibility index (Phi) is 4.08. The lowest BCUT2D eigenvalue weighted by atomic mass is 10.1. The van der Waals surface area contributed by atoms with Crippen LogP contribution in [0.2, 0.25) is 0 Å². The molecule has 5 nitrogen and oxygen atoms in total. The van der Waals surface area contributed by atoms with Crippen LogP contribution in [0.15, 0.2) is 6.07 Å². The standard InChI is InChI=1S/C12H20N4OS/c1-2-16-4-3-8(7-16)6-15-10-5-9(13)11(18-10)12(14)17/h5,8,15H,2-4,6-7,13H2,1H3,(H2,14,17). The van der Waals surface area contributed by atoms with Crippen LogP contribution in [0.5, 0.6) is 0 Å². The highest BCUT2D eigenvalue weighted by molar-refractivity contribution is 7.18. The number of hydrogen-bond acceptors (Lipinski definition) is 5. The highest BCUT2D eigenvalue weighted by atomic mass is 32.1. The quantitative estimate of drug-likeness (QED) is 0.749. The maximum Gasteiger partial charge on any atom is 0.260 e. The summed E-state index contributed by atoms with van der Waals surface area (Å²) >= 11 is 1.33. The average molecular weight is 268 g/mol. The third-order valence-corrected chi connectivity index (χ3v) is 4.49. The Morgan fingerprint density at radius 1 is 1.67 bits per heavy atom. The molecular formula is C12H20N4OS. The number of hydrogen-bond donors (Lipinski definition) is 3. The normalized spacial score (nSPS) is 20.2. The van der Waals surface area contributed by atoms with Gasteiger partial charge in [0, 0.05) is 13.1 Å². The van der Waals surface area contributed by atoms with Crippen LogP contribution < -0.4 is 16.8 Å². The van der Waals surface area contributed by atoms with Crippen LogP contribution in [0.3, 0.4) is 0 Å². The lowest BCUT2D eigenvalue weighted by Crippen LogP contribution is -2.22. The van der Waals surface area contributed by atoms with Crippen LogP contribution in [-0.2, 0) is 0 Å². The average Bonchev–Trinajstić information content (AvgIpc) is 2.92. The number of carbonyl (C=O) groups excluding carboxylic acids is 1. The van der Waals surface area contributed by atoms with Gasteiger partial charge >= 0.3 is 0 Å². The summed E-state index contributed by atoms with van der Waals surface area (Å²) in [5.74, 6) is 0.217. The van der Waals surface area contributed by atoms with E-state index in [0.29, 0.717) is 16.5 Å². The number of rotatable bonds is 5. The molecule has 100 valence electrons. The number of likely N-dealkylation sites (tertiary alicyclic amines) is 1. The van der Waals surface area contributed by atoms with Gasteiger partial charge < -0.3 is 21.7 Å². The van der Waals surface area contributed by atoms with E-state index in [-0.39, 0.29) is 0 Å². The van der Waals surface area contributed by atoms with Crippen LogP contribution >= 0.6 is 11.3 Å². The van der Waals surface area contributed by atoms with Gasteiger partial charge in [-0.05, 0) is 31.5 Å². The summed E-state index contributed by atoms with van der Waals surface area (Å²) in [6.07, 6.45) is 1.23. The van der Waals surface area contributed by atoms with Gasteiger partial charge in [-0.15, -0.1) is 11.3 Å². The fourth-order valence-corrected chi connectivity index (χ4v) is 3.14. The molecule has 18 heavy (non-hydrogen) atoms. The number of primary amides is 1. The summed E-state index contributed by atoms with van der Waals surface area (Å²) in [5.41, 5.74) is 11.4. The minimum Gasteiger partial charge on any atom is -0.397 e. The number of amides is 1. The molecule has 1 aromatic rings. The molecule has 1 atom stereocenters. The summed E-state index contributed by atoms with van der Waals surface area (Å²) in [5, 5.41) is 4.28. The van der Waals surface area contributed by atoms with Crippen molar-refractivity contribution in [2.75, 3.05) is 37.2 Å². The molecular weight excluding hydrogens is 248 g/mol. The zero-order valence-corrected chi connectivity index (χ0v) is 11.4. The fourth-order valence-electron chi connectivity index (χ4n) is 2.30. The third-order valence-electron chi connectivity index (χ3n) is 3.37. The van der Waals surface area contributed by atoms with Crippen molar-refractivity contribution in [1.29, 1.82) is 0 Å². The molecule has 2 heterocycles. The first-order valence-corrected chi connectivity index (χ1v) is 7.07. The summed E-state index contributed by atoms with van der Waals surface area (Å²) < 4.78 is 0. The van der Waals surface area contributed by atoms with E-state index in [2.05, 4.69) is 17.1 Å². The fraction of sp³-hybridized carbons (Fsp3) is 0.583. The molecule has 2 rings (SSSR count). The molecule has 1 aromatic heterocycles. The second-order valence-corrected chi connectivity index (χ2v) is 5.74. The minimum absolute atomic E-state index is 0.444. The van der Waals surface area contributed by atoms with Crippen LogP contribution in [0.4, 0.5) is 10.7 Å². The summed E-state index contributed by atoms with van der Waals surface area (Å²) in [4.78, 5) is 14.0. The highest BCUT2D eigenvalue weighted by Gasteiger charge is 2.21. The molecule has 1 aliphatic rings. The van der Waals surface area contributed by atoms with Gasteiger partial charge in [0.15, 0.2) is 0 Å². The van der Waals surface area contributed by atoms with Gasteiger partial charge in [-0.2, -0.15) is 0 Å². The molecule has 1 saturated heterocycles. The second kappa shape index (κ2) is 5.58. The van der Waals surface area contributed by atoms with Crippen molar-refractivity contribution in [3.63, 3.8) is 0 Å². The van der Waals surface area contributed by atoms with Gasteiger partial charge in [0.05, 0.1) is 10.7 Å². The van der Waals surface area contributed by atoms with Crippen molar-refractivity contribution in [2.24, 2.45) is 11.7 Å². The first-order valence-electron chi connectivity index (χ1n) is 6.25. The van der Waals surface area contributed by atoms with E-state index >= 15 is 0 Å². The third kappa shape index (κ3) is 2.94. The summed E-state index contributed by atoms with van der Waals surface area (Å²) in [6, 6.07) is 1.79. The molecule has 0 saturated carbocycles. The van der Waals surface area contributed by atoms with E-state index < -0.39 is 5.91 Å². The minimum atomic E-state index is -0.455. The van der Waals surface area contributed by atoms with Gasteiger partial charge in [-0.1, -0.05) is 6.92 Å². The van der Waals surface area contributed by atoms with E-state index in [1.807, 2.05) is 0 Å². The van der Waals surface area contributed by atoms with Crippen molar-refractivity contribution < 1.29 is 4.79 Å². The van der Waals surface area contributed by atoms with Gasteiger partial charge in [0.2, 0.25) is 0 Å². The lowest BCUT2D eigenvalue weighted by Gasteiger charge is -2.13. The maximum absolute atomic E-state index is 11.1. The van der Waals surface area contributed by atoms with E-state index in [4.69, 9.17) is 11.5 Å². The van der Waals surface area contributed by atoms with E-state index in [0.717, 1.165) is 24.6 Å². The zero-order chi connectivity index (χ0) is 13.1. The predicted molar refractivity (Wildman–Crippen MR) is 76.0 cm³/mol. The first kappa shape index (κ1) is 13.2. The molecule has 0 aliphatic carbocycles. The van der Waals surface area contributed by atoms with E-state index in [1.54, 1.807) is 6.07 Å². The number of nitrogens with zero attached hydrogens (tertiary/aromatic N) is 1. The zero-order valence-electron chi connectivity index (χ0n) is 10.6. The number of nitrogens with two attached hydrogens (primary N) is 2. The molecule has 0 aromatic carbocycles. The molecule has 1 amide bonds. The molecule has 1 unspecified atom stereocenters. The molecule has 1 aliphatic heterocycles. The van der Waals surface area contributed by atoms with Gasteiger partial charge in [-0.25, -0.2) is 0 Å². The number of thiophene rings is 1. The van der Waals surface area contributed by atoms with Gasteiger partial charge in [0.1, 0.15) is 4.88 Å². The van der Waals surface area contributed by atoms with Crippen LogP contribution in [0, 0.1) is 5.92 Å². The van der Waals surface area contributed by atoms with Gasteiger partial charge in [0.25, 0.3) is 5.91 Å². The molecule has 5 N–H and O–H groups in total. The number of nitrogens with one attached hydrogen (secondary N) is 1. The largest absolute Gasteiger partial charge is 0.397 e. The van der Waals surface area contributed by atoms with Crippen molar-refractivity contribution in [2.45, 2.75) is 13.3 Å². The van der Waals surface area contributed by atoms with Crippen molar-refractivity contribution in [3.8, 4) is 0 Å². The maximum atomic E-state index is 11.1. The number of carbonyl (C=O) groups is 1. The van der Waals surface area contributed by atoms with Crippen molar-refractivity contribution in [1.82, 2.24) is 4.90 Å². The Morgan fingerprint density at radius 3 is 3.00 bits per heavy atom. The first-order chi connectivity index (χ1) is 8.60. The Balaban J connectivity index is 1.87. The monoisotopic (exact) mass is 268 g/mol. The van der Waals surface area contributed by atoms with Crippen LogP contribution in [-0.4, -0.2) is 37.0 Å². The Hall–Kier alpha value is -1.27. The van der Waals surface area contributed by atoms with Crippen LogP contribution in [0.25, 0.3) is 0 Å². The molecule has 1 fully saturated rings. The van der Waals surface area contributed by atoms with Crippen molar-refractivity contribution in [3.05, 3.63) is 10.9 Å². The Labute approximate surface area is 111 Å². The molecule has 0 bridgehead atoms. The topological polar surface area (TPSA) is 84.4 Å². The Bertz CT molecular complexity index is 432. The second-order valence-electron chi connectivity index (χ2n) is 4.69.